The third-order valence-electron chi connectivity index (χ3n) is 2.46. The number of nitrogens with one attached hydrogen (secondary N) is 1. The van der Waals surface area contributed by atoms with Crippen LogP contribution in [0.25, 0.3) is 0 Å². The molecule has 3 nitrogen and oxygen atoms in total. The lowest BCUT2D eigenvalue weighted by Gasteiger charge is -2.08. The number of carbonyl (C=O) groups is 1. The van der Waals surface area contributed by atoms with Crippen molar-refractivity contribution in [3.05, 3.63) is 35.1 Å². The van der Waals surface area contributed by atoms with Crippen molar-refractivity contribution in [1.29, 1.82) is 0 Å². The highest BCUT2D eigenvalue weighted by Crippen LogP contribution is 2.21. The summed E-state index contributed by atoms with van der Waals surface area (Å²) < 4.78 is 49.1. The van der Waals surface area contributed by atoms with E-state index in [2.05, 4.69) is 5.32 Å². The monoisotopic (exact) mass is 278 g/mol. The molecule has 3 N–H and O–H groups in total. The number of amides is 1. The van der Waals surface area contributed by atoms with E-state index in [0.29, 0.717) is 5.56 Å². The van der Waals surface area contributed by atoms with Gasteiger partial charge in [0.25, 0.3) is 0 Å². The molecular formula is C12H14F4N2O. The molecule has 0 radical (unpaired) electrons. The predicted molar refractivity (Wildman–Crippen MR) is 61.4 cm³/mol. The van der Waals surface area contributed by atoms with Gasteiger partial charge in [-0.25, -0.2) is 4.39 Å². The Labute approximate surface area is 107 Å². The van der Waals surface area contributed by atoms with Crippen LogP contribution in [0.4, 0.5) is 17.6 Å². The molecule has 0 heterocycles. The van der Waals surface area contributed by atoms with E-state index >= 15 is 0 Å². The maximum absolute atomic E-state index is 13.5. The van der Waals surface area contributed by atoms with Crippen LogP contribution < -0.4 is 11.1 Å². The van der Waals surface area contributed by atoms with Crippen molar-refractivity contribution in [3.8, 4) is 0 Å². The van der Waals surface area contributed by atoms with E-state index in [1.54, 1.807) is 6.07 Å². The van der Waals surface area contributed by atoms with Crippen molar-refractivity contribution in [2.45, 2.75) is 32.1 Å². The van der Waals surface area contributed by atoms with Gasteiger partial charge in [-0.1, -0.05) is 12.1 Å². The second-order valence-corrected chi connectivity index (χ2v) is 4.02. The summed E-state index contributed by atoms with van der Waals surface area (Å²) in [5, 5.41) is 2.24. The van der Waals surface area contributed by atoms with Crippen molar-refractivity contribution >= 4 is 5.91 Å². The van der Waals surface area contributed by atoms with Crippen LogP contribution in [0.1, 0.15) is 24.0 Å². The summed E-state index contributed by atoms with van der Waals surface area (Å²) in [4.78, 5) is 11.1. The number of rotatable bonds is 5. The maximum Gasteiger partial charge on any atom is 0.389 e. The molecule has 0 saturated carbocycles. The second-order valence-electron chi connectivity index (χ2n) is 4.02. The Morgan fingerprint density at radius 2 is 2.00 bits per heavy atom. The Morgan fingerprint density at radius 3 is 2.53 bits per heavy atom. The minimum absolute atomic E-state index is 0.145. The molecule has 1 aromatic rings. The Morgan fingerprint density at radius 1 is 1.32 bits per heavy atom. The first-order chi connectivity index (χ1) is 8.81. The van der Waals surface area contributed by atoms with E-state index in [4.69, 9.17) is 5.73 Å². The first-order valence-electron chi connectivity index (χ1n) is 5.62. The molecule has 0 aromatic heterocycles. The first kappa shape index (κ1) is 15.4. The lowest BCUT2D eigenvalue weighted by molar-refractivity contribution is -0.144. The maximum atomic E-state index is 13.5. The third-order valence-corrected chi connectivity index (χ3v) is 2.46. The predicted octanol–water partition coefficient (Wildman–Crippen LogP) is 2.24. The van der Waals surface area contributed by atoms with Crippen LogP contribution in [0.3, 0.4) is 0 Å². The number of hydrogen-bond acceptors (Lipinski definition) is 2. The fraction of sp³-hybridized carbons (Fsp3) is 0.417. The highest BCUT2D eigenvalue weighted by molar-refractivity contribution is 5.75. The summed E-state index contributed by atoms with van der Waals surface area (Å²) in [6.45, 7) is 0.0442. The Hall–Kier alpha value is -1.63. The zero-order chi connectivity index (χ0) is 14.5. The zero-order valence-corrected chi connectivity index (χ0v) is 10.1. The molecule has 0 aliphatic heterocycles. The van der Waals surface area contributed by atoms with Gasteiger partial charge in [-0.05, 0) is 11.6 Å². The molecule has 19 heavy (non-hydrogen) atoms. The summed E-state index contributed by atoms with van der Waals surface area (Å²) in [6.07, 6.45) is -6.22. The fourth-order valence-electron chi connectivity index (χ4n) is 1.40. The lowest BCUT2D eigenvalue weighted by atomic mass is 10.1. The van der Waals surface area contributed by atoms with Gasteiger partial charge >= 0.3 is 6.18 Å². The van der Waals surface area contributed by atoms with Gasteiger partial charge in [0.1, 0.15) is 5.82 Å². The number of hydrogen-bond donors (Lipinski definition) is 2. The molecule has 0 saturated heterocycles. The van der Waals surface area contributed by atoms with Crippen LogP contribution in [0.15, 0.2) is 18.2 Å². The molecular weight excluding hydrogens is 264 g/mol. The van der Waals surface area contributed by atoms with Crippen LogP contribution in [-0.2, 0) is 17.9 Å². The molecule has 0 aliphatic rings. The van der Waals surface area contributed by atoms with Crippen LogP contribution in [0, 0.1) is 5.82 Å². The Kier molecular flexibility index (Phi) is 5.29. The molecule has 1 rings (SSSR count). The van der Waals surface area contributed by atoms with Crippen LogP contribution in [-0.4, -0.2) is 12.1 Å². The minimum Gasteiger partial charge on any atom is -0.352 e. The quantitative estimate of drug-likeness (QED) is 0.812. The Balaban J connectivity index is 2.46. The topological polar surface area (TPSA) is 55.1 Å². The second kappa shape index (κ2) is 6.51. The number of nitrogens with two attached hydrogens (primary N) is 1. The van der Waals surface area contributed by atoms with E-state index in [1.165, 1.54) is 12.1 Å². The highest BCUT2D eigenvalue weighted by Gasteiger charge is 2.27. The zero-order valence-electron chi connectivity index (χ0n) is 10.1. The first-order valence-corrected chi connectivity index (χ1v) is 5.62. The molecule has 0 fully saturated rings. The number of benzene rings is 1. The van der Waals surface area contributed by atoms with Crippen molar-refractivity contribution in [1.82, 2.24) is 5.32 Å². The van der Waals surface area contributed by atoms with Crippen molar-refractivity contribution in [3.63, 3.8) is 0 Å². The normalized spacial score (nSPS) is 11.4. The summed E-state index contributed by atoms with van der Waals surface area (Å²) in [6, 6.07) is 4.28. The lowest BCUT2D eigenvalue weighted by Crippen LogP contribution is -2.25. The SMILES string of the molecule is NCc1ccc(CNC(=O)CCC(F)(F)F)c(F)c1. The van der Waals surface area contributed by atoms with E-state index < -0.39 is 30.7 Å². The van der Waals surface area contributed by atoms with Crippen molar-refractivity contribution in [2.75, 3.05) is 0 Å². The summed E-state index contributed by atoms with van der Waals surface area (Å²) >= 11 is 0. The summed E-state index contributed by atoms with van der Waals surface area (Å²) in [7, 11) is 0. The number of halogens is 4. The van der Waals surface area contributed by atoms with Gasteiger partial charge in [0.15, 0.2) is 0 Å². The molecule has 1 amide bonds. The smallest absolute Gasteiger partial charge is 0.352 e. The molecule has 1 aromatic carbocycles. The van der Waals surface area contributed by atoms with E-state index in [9.17, 15) is 22.4 Å². The van der Waals surface area contributed by atoms with Gasteiger partial charge in [0.05, 0.1) is 6.42 Å². The van der Waals surface area contributed by atoms with Gasteiger partial charge < -0.3 is 11.1 Å². The van der Waals surface area contributed by atoms with Gasteiger partial charge in [-0.3, -0.25) is 4.79 Å². The fourth-order valence-corrected chi connectivity index (χ4v) is 1.40. The van der Waals surface area contributed by atoms with Crippen molar-refractivity contribution in [2.24, 2.45) is 5.73 Å². The standard InChI is InChI=1S/C12H14F4N2O/c13-10-5-8(6-17)1-2-9(10)7-18-11(19)3-4-12(14,15)16/h1-2,5H,3-4,6-7,17H2,(H,18,19). The van der Waals surface area contributed by atoms with Gasteiger partial charge in [0.2, 0.25) is 5.91 Å². The van der Waals surface area contributed by atoms with Crippen LogP contribution in [0.2, 0.25) is 0 Å². The highest BCUT2D eigenvalue weighted by atomic mass is 19.4. The van der Waals surface area contributed by atoms with E-state index in [0.717, 1.165) is 0 Å². The molecule has 0 bridgehead atoms. The summed E-state index contributed by atoms with van der Waals surface area (Å²) in [5.41, 5.74) is 6.14. The molecule has 7 heteroatoms. The molecule has 106 valence electrons. The van der Waals surface area contributed by atoms with E-state index in [-0.39, 0.29) is 18.7 Å². The average molecular weight is 278 g/mol. The average Bonchev–Trinajstić information content (AvgIpc) is 2.34. The molecule has 0 unspecified atom stereocenters. The number of carbonyl (C=O) groups excluding carboxylic acids is 1. The molecule has 0 spiro atoms. The van der Waals surface area contributed by atoms with Crippen LogP contribution >= 0.6 is 0 Å². The van der Waals surface area contributed by atoms with Gasteiger partial charge in [-0.2, -0.15) is 13.2 Å². The Bertz CT molecular complexity index is 446. The number of alkyl halides is 3. The molecule has 0 atom stereocenters. The summed E-state index contributed by atoms with van der Waals surface area (Å²) in [5.74, 6) is -1.31. The molecule has 0 aliphatic carbocycles. The van der Waals surface area contributed by atoms with Crippen LogP contribution in [0.5, 0.6) is 0 Å². The van der Waals surface area contributed by atoms with Gasteiger partial charge in [0, 0.05) is 25.1 Å². The van der Waals surface area contributed by atoms with Gasteiger partial charge in [-0.15, -0.1) is 0 Å². The largest absolute Gasteiger partial charge is 0.389 e. The van der Waals surface area contributed by atoms with Crippen molar-refractivity contribution < 1.29 is 22.4 Å². The third kappa shape index (κ3) is 5.69. The minimum atomic E-state index is -4.37. The van der Waals surface area contributed by atoms with E-state index in [1.807, 2.05) is 0 Å².